The van der Waals surface area contributed by atoms with Crippen LogP contribution < -0.4 is 10.9 Å². The zero-order chi connectivity index (χ0) is 13.7. The molecule has 2 N–H and O–H groups in total. The van der Waals surface area contributed by atoms with Crippen LogP contribution in [0.4, 0.5) is 5.69 Å². The van der Waals surface area contributed by atoms with Crippen LogP contribution in [-0.4, -0.2) is 18.1 Å². The van der Waals surface area contributed by atoms with Gasteiger partial charge in [0.25, 0.3) is 0 Å². The standard InChI is InChI=1S/C14H14N2O3/c1-19-14(18)11-4-2-3-5-12(11)15-8-10-6-7-13(17)16-9-10/h2-7,9,15H,8H2,1H3,(H,16,17). The van der Waals surface area contributed by atoms with Crippen LogP contribution in [0.3, 0.4) is 0 Å². The van der Waals surface area contributed by atoms with E-state index in [-0.39, 0.29) is 11.5 Å². The minimum atomic E-state index is -0.385. The second kappa shape index (κ2) is 5.86. The summed E-state index contributed by atoms with van der Waals surface area (Å²) in [5, 5.41) is 3.14. The van der Waals surface area contributed by atoms with Crippen molar-refractivity contribution in [1.82, 2.24) is 4.98 Å². The third kappa shape index (κ3) is 3.22. The highest BCUT2D eigenvalue weighted by atomic mass is 16.5. The summed E-state index contributed by atoms with van der Waals surface area (Å²) >= 11 is 0. The molecule has 1 heterocycles. The Morgan fingerprint density at radius 3 is 2.74 bits per heavy atom. The monoisotopic (exact) mass is 258 g/mol. The predicted octanol–water partition coefficient (Wildman–Crippen LogP) is 1.77. The lowest BCUT2D eigenvalue weighted by molar-refractivity contribution is 0.0602. The van der Waals surface area contributed by atoms with Gasteiger partial charge in [-0.05, 0) is 17.7 Å². The maximum atomic E-state index is 11.6. The van der Waals surface area contributed by atoms with Crippen molar-refractivity contribution in [3.8, 4) is 0 Å². The number of hydrogen-bond donors (Lipinski definition) is 2. The number of pyridine rings is 1. The van der Waals surface area contributed by atoms with Crippen LogP contribution >= 0.6 is 0 Å². The molecule has 19 heavy (non-hydrogen) atoms. The van der Waals surface area contributed by atoms with Gasteiger partial charge >= 0.3 is 5.97 Å². The summed E-state index contributed by atoms with van der Waals surface area (Å²) < 4.78 is 4.72. The van der Waals surface area contributed by atoms with Crippen LogP contribution in [0.1, 0.15) is 15.9 Å². The number of benzene rings is 1. The molecule has 0 aliphatic heterocycles. The first-order valence-corrected chi connectivity index (χ1v) is 5.79. The predicted molar refractivity (Wildman–Crippen MR) is 72.2 cm³/mol. The number of nitrogens with one attached hydrogen (secondary N) is 2. The average Bonchev–Trinajstić information content (AvgIpc) is 2.46. The molecular weight excluding hydrogens is 244 g/mol. The third-order valence-corrected chi connectivity index (χ3v) is 2.66. The van der Waals surface area contributed by atoms with E-state index >= 15 is 0 Å². The molecule has 5 nitrogen and oxygen atoms in total. The molecule has 98 valence electrons. The highest BCUT2D eigenvalue weighted by Crippen LogP contribution is 2.16. The first-order chi connectivity index (χ1) is 9.20. The lowest BCUT2D eigenvalue weighted by Crippen LogP contribution is -2.09. The first kappa shape index (κ1) is 12.9. The van der Waals surface area contributed by atoms with Gasteiger partial charge in [0.2, 0.25) is 5.56 Å². The largest absolute Gasteiger partial charge is 0.465 e. The van der Waals surface area contributed by atoms with Crippen LogP contribution in [0.5, 0.6) is 0 Å². The Hall–Kier alpha value is -2.56. The second-order valence-electron chi connectivity index (χ2n) is 3.95. The zero-order valence-electron chi connectivity index (χ0n) is 10.5. The number of H-pyrrole nitrogens is 1. The van der Waals surface area contributed by atoms with E-state index < -0.39 is 0 Å². The van der Waals surface area contributed by atoms with Crippen LogP contribution in [0.15, 0.2) is 47.4 Å². The number of para-hydroxylation sites is 1. The molecule has 5 heteroatoms. The molecular formula is C14H14N2O3. The summed E-state index contributed by atoms with van der Waals surface area (Å²) in [6, 6.07) is 10.3. The zero-order valence-corrected chi connectivity index (χ0v) is 10.5. The molecule has 0 spiro atoms. The SMILES string of the molecule is COC(=O)c1ccccc1NCc1ccc(=O)[nH]c1. The Labute approximate surface area is 110 Å². The van der Waals surface area contributed by atoms with Crippen molar-refractivity contribution in [1.29, 1.82) is 0 Å². The Kier molecular flexibility index (Phi) is 3.97. The normalized spacial score (nSPS) is 9.95. The van der Waals surface area contributed by atoms with Gasteiger partial charge in [-0.15, -0.1) is 0 Å². The van der Waals surface area contributed by atoms with Gasteiger partial charge in [-0.1, -0.05) is 18.2 Å². The Bertz CT molecular complexity index is 614. The molecule has 0 unspecified atom stereocenters. The lowest BCUT2D eigenvalue weighted by Gasteiger charge is -2.10. The van der Waals surface area contributed by atoms with Gasteiger partial charge in [-0.25, -0.2) is 4.79 Å². The van der Waals surface area contributed by atoms with Gasteiger partial charge in [-0.2, -0.15) is 0 Å². The number of rotatable bonds is 4. The van der Waals surface area contributed by atoms with Gasteiger partial charge < -0.3 is 15.0 Å². The van der Waals surface area contributed by atoms with E-state index in [1.807, 2.05) is 6.07 Å². The van der Waals surface area contributed by atoms with E-state index in [1.165, 1.54) is 13.2 Å². The van der Waals surface area contributed by atoms with Crippen molar-refractivity contribution in [3.63, 3.8) is 0 Å². The number of aromatic amines is 1. The summed E-state index contributed by atoms with van der Waals surface area (Å²) in [6.45, 7) is 0.505. The molecule has 2 aromatic rings. The molecule has 0 atom stereocenters. The molecule has 2 rings (SSSR count). The molecule has 0 amide bonds. The van der Waals surface area contributed by atoms with E-state index in [1.54, 1.807) is 30.5 Å². The van der Waals surface area contributed by atoms with Crippen LogP contribution in [0.2, 0.25) is 0 Å². The highest BCUT2D eigenvalue weighted by Gasteiger charge is 2.10. The third-order valence-electron chi connectivity index (χ3n) is 2.66. The highest BCUT2D eigenvalue weighted by molar-refractivity contribution is 5.95. The van der Waals surface area contributed by atoms with Crippen molar-refractivity contribution in [2.24, 2.45) is 0 Å². The number of carbonyl (C=O) groups excluding carboxylic acids is 1. The molecule has 1 aromatic carbocycles. The van der Waals surface area contributed by atoms with Crippen molar-refractivity contribution >= 4 is 11.7 Å². The minimum Gasteiger partial charge on any atom is -0.465 e. The van der Waals surface area contributed by atoms with E-state index in [9.17, 15) is 9.59 Å². The van der Waals surface area contributed by atoms with Crippen LogP contribution in [-0.2, 0) is 11.3 Å². The molecule has 0 bridgehead atoms. The first-order valence-electron chi connectivity index (χ1n) is 5.79. The minimum absolute atomic E-state index is 0.140. The molecule has 0 aliphatic rings. The van der Waals surface area contributed by atoms with E-state index in [0.717, 1.165) is 5.56 Å². The molecule has 0 aliphatic carbocycles. The summed E-state index contributed by atoms with van der Waals surface area (Å²) in [7, 11) is 1.35. The van der Waals surface area contributed by atoms with Gasteiger partial charge in [0.1, 0.15) is 0 Å². The van der Waals surface area contributed by atoms with E-state index in [2.05, 4.69) is 10.3 Å². The fraction of sp³-hybridized carbons (Fsp3) is 0.143. The fourth-order valence-electron chi connectivity index (χ4n) is 1.68. The van der Waals surface area contributed by atoms with E-state index in [0.29, 0.717) is 17.8 Å². The fourth-order valence-corrected chi connectivity index (χ4v) is 1.68. The van der Waals surface area contributed by atoms with Crippen molar-refractivity contribution in [2.75, 3.05) is 12.4 Å². The van der Waals surface area contributed by atoms with Crippen molar-refractivity contribution in [2.45, 2.75) is 6.54 Å². The number of aromatic nitrogens is 1. The number of esters is 1. The van der Waals surface area contributed by atoms with Gasteiger partial charge in [0.05, 0.1) is 12.7 Å². The van der Waals surface area contributed by atoms with Crippen LogP contribution in [0.25, 0.3) is 0 Å². The van der Waals surface area contributed by atoms with Crippen molar-refractivity contribution in [3.05, 3.63) is 64.1 Å². The molecule has 0 radical (unpaired) electrons. The maximum Gasteiger partial charge on any atom is 0.339 e. The Morgan fingerprint density at radius 1 is 1.26 bits per heavy atom. The summed E-state index contributed by atoms with van der Waals surface area (Å²) in [4.78, 5) is 25.1. The van der Waals surface area contributed by atoms with Crippen LogP contribution in [0, 0.1) is 0 Å². The number of anilines is 1. The number of hydrogen-bond acceptors (Lipinski definition) is 4. The number of ether oxygens (including phenoxy) is 1. The summed E-state index contributed by atoms with van der Waals surface area (Å²) in [5.41, 5.74) is 1.95. The lowest BCUT2D eigenvalue weighted by atomic mass is 10.1. The van der Waals surface area contributed by atoms with Gasteiger partial charge in [0.15, 0.2) is 0 Å². The van der Waals surface area contributed by atoms with Crippen molar-refractivity contribution < 1.29 is 9.53 Å². The quantitative estimate of drug-likeness (QED) is 0.820. The maximum absolute atomic E-state index is 11.6. The Morgan fingerprint density at radius 2 is 2.05 bits per heavy atom. The second-order valence-corrected chi connectivity index (χ2v) is 3.95. The van der Waals surface area contributed by atoms with Gasteiger partial charge in [-0.3, -0.25) is 4.79 Å². The Balaban J connectivity index is 2.13. The molecule has 0 saturated carbocycles. The van der Waals surface area contributed by atoms with Gasteiger partial charge in [0, 0.05) is 24.5 Å². The molecule has 0 fully saturated rings. The topological polar surface area (TPSA) is 71.2 Å². The summed E-state index contributed by atoms with van der Waals surface area (Å²) in [5.74, 6) is -0.385. The number of carbonyl (C=O) groups is 1. The molecule has 1 aromatic heterocycles. The smallest absolute Gasteiger partial charge is 0.339 e. The molecule has 0 saturated heterocycles. The summed E-state index contributed by atoms with van der Waals surface area (Å²) in [6.07, 6.45) is 1.64. The van der Waals surface area contributed by atoms with E-state index in [4.69, 9.17) is 4.74 Å². The number of methoxy groups -OCH3 is 1. The average molecular weight is 258 g/mol.